The molecule has 25 heavy (non-hydrogen) atoms. The number of halogens is 1. The molecule has 0 spiro atoms. The molecule has 2 aromatic heterocycles. The Morgan fingerprint density at radius 1 is 1.28 bits per heavy atom. The Hall–Kier alpha value is -2.73. The number of nitrogens with one attached hydrogen (secondary N) is 1. The van der Waals surface area contributed by atoms with E-state index in [-0.39, 0.29) is 23.7 Å². The summed E-state index contributed by atoms with van der Waals surface area (Å²) in [5.41, 5.74) is 2.27. The predicted molar refractivity (Wildman–Crippen MR) is 95.6 cm³/mol. The number of nitrogens with zero attached hydrogens (tertiary/aromatic N) is 2. The number of rotatable bonds is 4. The van der Waals surface area contributed by atoms with Crippen LogP contribution in [0.2, 0.25) is 5.02 Å². The Morgan fingerprint density at radius 2 is 2.00 bits per heavy atom. The summed E-state index contributed by atoms with van der Waals surface area (Å²) >= 11 is 5.94. The number of H-pyrrole nitrogens is 1. The average molecular weight is 358 g/mol. The van der Waals surface area contributed by atoms with Gasteiger partial charge in [0.1, 0.15) is 0 Å². The van der Waals surface area contributed by atoms with E-state index in [9.17, 15) is 14.4 Å². The van der Waals surface area contributed by atoms with Gasteiger partial charge in [-0.1, -0.05) is 11.6 Å². The fraction of sp³-hybridized carbons (Fsp3) is 0.222. The maximum atomic E-state index is 12.6. The highest BCUT2D eigenvalue weighted by atomic mass is 35.5. The summed E-state index contributed by atoms with van der Waals surface area (Å²) in [7, 11) is 0. The number of fused-ring (bicyclic) bond motifs is 1. The number of carbonyl (C=O) groups is 2. The molecule has 0 saturated carbocycles. The second kappa shape index (κ2) is 6.29. The van der Waals surface area contributed by atoms with Crippen molar-refractivity contribution >= 4 is 34.1 Å². The molecular weight excluding hydrogens is 342 g/mol. The van der Waals surface area contributed by atoms with Crippen molar-refractivity contribution in [3.8, 4) is 0 Å². The summed E-state index contributed by atoms with van der Waals surface area (Å²) in [6, 6.07) is 4.84. The van der Waals surface area contributed by atoms with Crippen molar-refractivity contribution in [1.82, 2.24) is 14.5 Å². The van der Waals surface area contributed by atoms with Crippen LogP contribution in [0.25, 0.3) is 10.9 Å². The number of aromatic amines is 1. The molecule has 0 aliphatic heterocycles. The van der Waals surface area contributed by atoms with Crippen LogP contribution in [-0.2, 0) is 6.54 Å². The highest BCUT2D eigenvalue weighted by Crippen LogP contribution is 2.19. The Bertz CT molecular complexity index is 1080. The topological polar surface area (TPSA) is 84.8 Å². The molecule has 2 heterocycles. The maximum Gasteiger partial charge on any atom is 0.261 e. The largest absolute Gasteiger partial charge is 0.355 e. The second-order valence-corrected chi connectivity index (χ2v) is 6.38. The van der Waals surface area contributed by atoms with Crippen LogP contribution in [0, 0.1) is 13.8 Å². The van der Waals surface area contributed by atoms with Gasteiger partial charge in [0.15, 0.2) is 11.6 Å². The zero-order chi connectivity index (χ0) is 18.3. The minimum Gasteiger partial charge on any atom is -0.355 e. The number of aromatic nitrogens is 3. The molecule has 3 rings (SSSR count). The molecular formula is C18H16ClN3O3. The van der Waals surface area contributed by atoms with Crippen LogP contribution in [0.15, 0.2) is 29.3 Å². The smallest absolute Gasteiger partial charge is 0.261 e. The first-order chi connectivity index (χ1) is 11.8. The Labute approximate surface area is 148 Å². The lowest BCUT2D eigenvalue weighted by molar-refractivity contribution is 0.0965. The summed E-state index contributed by atoms with van der Waals surface area (Å²) in [6.45, 7) is 4.74. The van der Waals surface area contributed by atoms with Gasteiger partial charge in [0.25, 0.3) is 5.56 Å². The van der Waals surface area contributed by atoms with Gasteiger partial charge in [-0.15, -0.1) is 0 Å². The molecule has 0 aliphatic carbocycles. The van der Waals surface area contributed by atoms with Gasteiger partial charge in [0.2, 0.25) is 0 Å². The van der Waals surface area contributed by atoms with Crippen molar-refractivity contribution in [2.75, 3.05) is 0 Å². The molecule has 0 fully saturated rings. The molecule has 7 heteroatoms. The Balaban J connectivity index is 2.01. The third-order valence-electron chi connectivity index (χ3n) is 4.17. The highest BCUT2D eigenvalue weighted by Gasteiger charge is 2.20. The van der Waals surface area contributed by atoms with Gasteiger partial charge >= 0.3 is 0 Å². The average Bonchev–Trinajstić information content (AvgIpc) is 2.85. The molecule has 0 atom stereocenters. The lowest BCUT2D eigenvalue weighted by Crippen LogP contribution is -2.25. The molecule has 0 bridgehead atoms. The van der Waals surface area contributed by atoms with Crippen LogP contribution in [0.1, 0.15) is 39.0 Å². The van der Waals surface area contributed by atoms with E-state index < -0.39 is 0 Å². The number of Topliss-reactive ketones (excluding diaryl/α,β-unsaturated/α-hetero) is 2. The highest BCUT2D eigenvalue weighted by molar-refractivity contribution is 6.31. The van der Waals surface area contributed by atoms with E-state index in [1.807, 2.05) is 0 Å². The number of benzene rings is 1. The zero-order valence-corrected chi connectivity index (χ0v) is 14.8. The van der Waals surface area contributed by atoms with Crippen LogP contribution < -0.4 is 5.56 Å². The Kier molecular flexibility index (Phi) is 4.30. The lowest BCUT2D eigenvalue weighted by atomic mass is 10.1. The minimum atomic E-state index is -0.339. The molecule has 1 N–H and O–H groups in total. The quantitative estimate of drug-likeness (QED) is 0.727. The summed E-state index contributed by atoms with van der Waals surface area (Å²) < 4.78 is 1.24. The molecule has 6 nitrogen and oxygen atoms in total. The van der Waals surface area contributed by atoms with Gasteiger partial charge in [-0.05, 0) is 44.5 Å². The van der Waals surface area contributed by atoms with Gasteiger partial charge in [-0.3, -0.25) is 19.0 Å². The molecule has 3 aromatic rings. The third-order valence-corrected chi connectivity index (χ3v) is 4.40. The monoisotopic (exact) mass is 357 g/mol. The van der Waals surface area contributed by atoms with Gasteiger partial charge in [-0.25, -0.2) is 4.98 Å². The minimum absolute atomic E-state index is 0.107. The first-order valence-electron chi connectivity index (χ1n) is 7.67. The van der Waals surface area contributed by atoms with Crippen molar-refractivity contribution in [3.05, 3.63) is 62.4 Å². The van der Waals surface area contributed by atoms with Gasteiger partial charge in [-0.2, -0.15) is 0 Å². The maximum absolute atomic E-state index is 12.6. The first-order valence-corrected chi connectivity index (χ1v) is 8.05. The van der Waals surface area contributed by atoms with E-state index in [4.69, 9.17) is 11.6 Å². The SMILES string of the molecule is CC(=O)c1c(C)[nH]c(C(=O)Cn2cnc3ccc(Cl)cc3c2=O)c1C. The second-order valence-electron chi connectivity index (χ2n) is 5.94. The molecule has 128 valence electrons. The van der Waals surface area contributed by atoms with E-state index in [0.29, 0.717) is 38.4 Å². The fourth-order valence-corrected chi connectivity index (χ4v) is 3.21. The lowest BCUT2D eigenvalue weighted by Gasteiger charge is -2.06. The van der Waals surface area contributed by atoms with Crippen LogP contribution in [-0.4, -0.2) is 26.1 Å². The number of hydrogen-bond donors (Lipinski definition) is 1. The van der Waals surface area contributed by atoms with Gasteiger partial charge < -0.3 is 4.98 Å². The first kappa shape index (κ1) is 17.1. The van der Waals surface area contributed by atoms with E-state index in [1.165, 1.54) is 23.9 Å². The van der Waals surface area contributed by atoms with Crippen molar-refractivity contribution in [2.24, 2.45) is 0 Å². The predicted octanol–water partition coefficient (Wildman–Crippen LogP) is 3.08. The molecule has 0 radical (unpaired) electrons. The number of aryl methyl sites for hydroxylation is 1. The zero-order valence-electron chi connectivity index (χ0n) is 14.0. The fourth-order valence-electron chi connectivity index (χ4n) is 3.03. The number of hydrogen-bond acceptors (Lipinski definition) is 4. The summed E-state index contributed by atoms with van der Waals surface area (Å²) in [5.74, 6) is -0.400. The van der Waals surface area contributed by atoms with E-state index in [0.717, 1.165) is 0 Å². The molecule has 0 unspecified atom stereocenters. The molecule has 0 amide bonds. The normalized spacial score (nSPS) is 11.0. The summed E-state index contributed by atoms with van der Waals surface area (Å²) in [4.78, 5) is 44.0. The van der Waals surface area contributed by atoms with Gasteiger partial charge in [0, 0.05) is 16.3 Å². The Morgan fingerprint density at radius 3 is 2.64 bits per heavy atom. The van der Waals surface area contributed by atoms with E-state index in [2.05, 4.69) is 9.97 Å². The van der Waals surface area contributed by atoms with Crippen LogP contribution in [0.3, 0.4) is 0 Å². The van der Waals surface area contributed by atoms with Crippen molar-refractivity contribution in [3.63, 3.8) is 0 Å². The van der Waals surface area contributed by atoms with Crippen molar-refractivity contribution in [2.45, 2.75) is 27.3 Å². The number of carbonyl (C=O) groups excluding carboxylic acids is 2. The third kappa shape index (κ3) is 3.00. The van der Waals surface area contributed by atoms with Crippen LogP contribution in [0.4, 0.5) is 0 Å². The van der Waals surface area contributed by atoms with Crippen LogP contribution in [0.5, 0.6) is 0 Å². The van der Waals surface area contributed by atoms with Gasteiger partial charge in [0.05, 0.1) is 29.5 Å². The van der Waals surface area contributed by atoms with E-state index in [1.54, 1.807) is 26.0 Å². The molecule has 1 aromatic carbocycles. The summed E-state index contributed by atoms with van der Waals surface area (Å²) in [5, 5.41) is 0.782. The number of ketones is 2. The van der Waals surface area contributed by atoms with Crippen molar-refractivity contribution in [1.29, 1.82) is 0 Å². The summed E-state index contributed by atoms with van der Waals surface area (Å²) in [6.07, 6.45) is 1.34. The van der Waals surface area contributed by atoms with E-state index >= 15 is 0 Å². The van der Waals surface area contributed by atoms with Crippen molar-refractivity contribution < 1.29 is 9.59 Å². The van der Waals surface area contributed by atoms with Crippen LogP contribution >= 0.6 is 11.6 Å². The molecule has 0 aliphatic rings. The molecule has 0 saturated heterocycles. The standard InChI is InChI=1S/C18H16ClN3O3/c1-9-16(11(3)23)10(2)21-17(9)15(24)7-22-8-20-14-5-4-12(19)6-13(14)18(22)25/h4-6,8,21H,7H2,1-3H3.